The average Bonchev–Trinajstić information content (AvgIpc) is 2.79. The SMILES string of the molecule is CNCC(=O)NCc1ccc2c(c1)ncn2C(C)C. The molecule has 0 unspecified atom stereocenters. The van der Waals surface area contributed by atoms with E-state index in [-0.39, 0.29) is 5.91 Å². The quantitative estimate of drug-likeness (QED) is 0.855. The molecule has 0 saturated heterocycles. The van der Waals surface area contributed by atoms with Crippen LogP contribution in [0.2, 0.25) is 0 Å². The fourth-order valence-electron chi connectivity index (χ4n) is 2.02. The zero-order valence-corrected chi connectivity index (χ0v) is 11.6. The van der Waals surface area contributed by atoms with Gasteiger partial charge in [0.25, 0.3) is 0 Å². The second-order valence-electron chi connectivity index (χ2n) is 4.88. The number of carbonyl (C=O) groups is 1. The van der Waals surface area contributed by atoms with E-state index < -0.39 is 0 Å². The van der Waals surface area contributed by atoms with E-state index in [9.17, 15) is 4.79 Å². The highest BCUT2D eigenvalue weighted by atomic mass is 16.1. The van der Waals surface area contributed by atoms with Crippen LogP contribution in [-0.4, -0.2) is 29.1 Å². The third-order valence-electron chi connectivity index (χ3n) is 3.02. The van der Waals surface area contributed by atoms with Crippen LogP contribution < -0.4 is 10.6 Å². The minimum Gasteiger partial charge on any atom is -0.351 e. The molecule has 0 aliphatic heterocycles. The molecule has 0 fully saturated rings. The molecule has 1 aromatic carbocycles. The molecular formula is C14H20N4O. The summed E-state index contributed by atoms with van der Waals surface area (Å²) in [6.07, 6.45) is 1.86. The Bertz CT molecular complexity index is 574. The van der Waals surface area contributed by atoms with Gasteiger partial charge in [0.1, 0.15) is 0 Å². The Kier molecular flexibility index (Phi) is 4.16. The molecule has 5 heteroatoms. The van der Waals surface area contributed by atoms with Gasteiger partial charge >= 0.3 is 0 Å². The molecule has 2 aromatic rings. The van der Waals surface area contributed by atoms with Crippen LogP contribution in [0.4, 0.5) is 0 Å². The molecule has 1 heterocycles. The maximum Gasteiger partial charge on any atom is 0.234 e. The Balaban J connectivity index is 2.12. The van der Waals surface area contributed by atoms with Gasteiger partial charge in [-0.25, -0.2) is 4.98 Å². The number of fused-ring (bicyclic) bond motifs is 1. The Morgan fingerprint density at radius 2 is 2.21 bits per heavy atom. The lowest BCUT2D eigenvalue weighted by Crippen LogP contribution is -2.31. The van der Waals surface area contributed by atoms with Crippen LogP contribution in [0.25, 0.3) is 11.0 Å². The number of hydrogen-bond acceptors (Lipinski definition) is 3. The van der Waals surface area contributed by atoms with Gasteiger partial charge in [0.15, 0.2) is 0 Å². The first-order valence-electron chi connectivity index (χ1n) is 6.48. The van der Waals surface area contributed by atoms with E-state index in [1.165, 1.54) is 0 Å². The van der Waals surface area contributed by atoms with Gasteiger partial charge in [0.05, 0.1) is 23.9 Å². The third kappa shape index (κ3) is 3.12. The summed E-state index contributed by atoms with van der Waals surface area (Å²) in [5.41, 5.74) is 3.15. The Morgan fingerprint density at radius 1 is 1.42 bits per heavy atom. The molecule has 0 radical (unpaired) electrons. The summed E-state index contributed by atoms with van der Waals surface area (Å²) < 4.78 is 2.14. The topological polar surface area (TPSA) is 59.0 Å². The van der Waals surface area contributed by atoms with Crippen LogP contribution in [-0.2, 0) is 11.3 Å². The highest BCUT2D eigenvalue weighted by molar-refractivity contribution is 5.79. The minimum atomic E-state index is -0.00435. The summed E-state index contributed by atoms with van der Waals surface area (Å²) in [5.74, 6) is -0.00435. The maximum absolute atomic E-state index is 11.4. The Labute approximate surface area is 113 Å². The van der Waals surface area contributed by atoms with Crippen molar-refractivity contribution in [3.05, 3.63) is 30.1 Å². The first-order chi connectivity index (χ1) is 9.11. The van der Waals surface area contributed by atoms with Crippen molar-refractivity contribution in [2.24, 2.45) is 0 Å². The van der Waals surface area contributed by atoms with Gasteiger partial charge in [-0.05, 0) is 38.6 Å². The number of carbonyl (C=O) groups excluding carboxylic acids is 1. The number of amides is 1. The second-order valence-corrected chi connectivity index (χ2v) is 4.88. The summed E-state index contributed by atoms with van der Waals surface area (Å²) in [7, 11) is 1.75. The number of benzene rings is 1. The molecule has 0 aliphatic carbocycles. The number of nitrogens with one attached hydrogen (secondary N) is 2. The van der Waals surface area contributed by atoms with Crippen molar-refractivity contribution in [3.8, 4) is 0 Å². The van der Waals surface area contributed by atoms with Gasteiger partial charge in [0, 0.05) is 12.6 Å². The van der Waals surface area contributed by atoms with Gasteiger partial charge in [0.2, 0.25) is 5.91 Å². The van der Waals surface area contributed by atoms with Crippen molar-refractivity contribution in [1.82, 2.24) is 20.2 Å². The number of hydrogen-bond donors (Lipinski definition) is 2. The summed E-state index contributed by atoms with van der Waals surface area (Å²) in [5, 5.41) is 5.68. The van der Waals surface area contributed by atoms with Crippen LogP contribution in [0.15, 0.2) is 24.5 Å². The first kappa shape index (κ1) is 13.5. The van der Waals surface area contributed by atoms with Gasteiger partial charge < -0.3 is 15.2 Å². The predicted octanol–water partition coefficient (Wildman–Crippen LogP) is 1.45. The predicted molar refractivity (Wildman–Crippen MR) is 75.9 cm³/mol. The fraction of sp³-hybridized carbons (Fsp3) is 0.429. The van der Waals surface area contributed by atoms with Crippen LogP contribution in [0.5, 0.6) is 0 Å². The van der Waals surface area contributed by atoms with Gasteiger partial charge in [-0.3, -0.25) is 4.79 Å². The second kappa shape index (κ2) is 5.84. The van der Waals surface area contributed by atoms with Crippen LogP contribution in [0.1, 0.15) is 25.5 Å². The van der Waals surface area contributed by atoms with Gasteiger partial charge in [-0.1, -0.05) is 6.07 Å². The van der Waals surface area contributed by atoms with Crippen LogP contribution >= 0.6 is 0 Å². The molecule has 0 saturated carbocycles. The molecule has 5 nitrogen and oxygen atoms in total. The maximum atomic E-state index is 11.4. The lowest BCUT2D eigenvalue weighted by molar-refractivity contribution is -0.120. The van der Waals surface area contributed by atoms with Crippen molar-refractivity contribution in [2.45, 2.75) is 26.4 Å². The standard InChI is InChI=1S/C14H20N4O/c1-10(2)18-9-17-12-6-11(4-5-13(12)18)7-16-14(19)8-15-3/h4-6,9-10,15H,7-8H2,1-3H3,(H,16,19). The molecule has 2 N–H and O–H groups in total. The van der Waals surface area contributed by atoms with Crippen molar-refractivity contribution in [1.29, 1.82) is 0 Å². The van der Waals surface area contributed by atoms with E-state index in [1.54, 1.807) is 7.05 Å². The number of nitrogens with zero attached hydrogens (tertiary/aromatic N) is 2. The van der Waals surface area contributed by atoms with Crippen molar-refractivity contribution >= 4 is 16.9 Å². The van der Waals surface area contributed by atoms with Crippen molar-refractivity contribution in [2.75, 3.05) is 13.6 Å². The van der Waals surface area contributed by atoms with E-state index in [0.29, 0.717) is 19.1 Å². The first-order valence-corrected chi connectivity index (χ1v) is 6.48. The molecular weight excluding hydrogens is 240 g/mol. The summed E-state index contributed by atoms with van der Waals surface area (Å²) in [6.45, 7) is 5.13. The summed E-state index contributed by atoms with van der Waals surface area (Å²) in [6, 6.07) is 6.50. The van der Waals surface area contributed by atoms with Crippen LogP contribution in [0, 0.1) is 0 Å². The third-order valence-corrected chi connectivity index (χ3v) is 3.02. The summed E-state index contributed by atoms with van der Waals surface area (Å²) in [4.78, 5) is 15.8. The van der Waals surface area contributed by atoms with Crippen molar-refractivity contribution in [3.63, 3.8) is 0 Å². The van der Waals surface area contributed by atoms with E-state index in [4.69, 9.17) is 0 Å². The fourth-order valence-corrected chi connectivity index (χ4v) is 2.02. The zero-order chi connectivity index (χ0) is 13.8. The smallest absolute Gasteiger partial charge is 0.234 e. The zero-order valence-electron chi connectivity index (χ0n) is 11.6. The number of imidazole rings is 1. The van der Waals surface area contributed by atoms with E-state index in [0.717, 1.165) is 16.6 Å². The normalized spacial score (nSPS) is 11.2. The lowest BCUT2D eigenvalue weighted by Gasteiger charge is -2.08. The molecule has 0 bridgehead atoms. The van der Waals surface area contributed by atoms with E-state index >= 15 is 0 Å². The minimum absolute atomic E-state index is 0.00435. The van der Waals surface area contributed by atoms with Gasteiger partial charge in [-0.2, -0.15) is 0 Å². The summed E-state index contributed by atoms with van der Waals surface area (Å²) >= 11 is 0. The molecule has 2 rings (SSSR count). The van der Waals surface area contributed by atoms with Gasteiger partial charge in [-0.15, -0.1) is 0 Å². The highest BCUT2D eigenvalue weighted by Gasteiger charge is 2.06. The number of aromatic nitrogens is 2. The molecule has 0 spiro atoms. The highest BCUT2D eigenvalue weighted by Crippen LogP contribution is 2.18. The molecule has 102 valence electrons. The van der Waals surface area contributed by atoms with Crippen LogP contribution in [0.3, 0.4) is 0 Å². The van der Waals surface area contributed by atoms with E-state index in [1.807, 2.05) is 18.5 Å². The molecule has 0 aliphatic rings. The molecule has 19 heavy (non-hydrogen) atoms. The average molecular weight is 260 g/mol. The largest absolute Gasteiger partial charge is 0.351 e. The molecule has 1 aromatic heterocycles. The van der Waals surface area contributed by atoms with Crippen molar-refractivity contribution < 1.29 is 4.79 Å². The Morgan fingerprint density at radius 3 is 2.89 bits per heavy atom. The number of likely N-dealkylation sites (N-methyl/N-ethyl adjacent to an activating group) is 1. The lowest BCUT2D eigenvalue weighted by atomic mass is 10.2. The molecule has 0 atom stereocenters. The monoisotopic (exact) mass is 260 g/mol. The number of rotatable bonds is 5. The Hall–Kier alpha value is -1.88. The molecule has 1 amide bonds. The van der Waals surface area contributed by atoms with E-state index in [2.05, 4.69) is 40.1 Å².